The molecule has 0 radical (unpaired) electrons. The van der Waals surface area contributed by atoms with Crippen molar-refractivity contribution in [3.63, 3.8) is 0 Å². The Labute approximate surface area is 198 Å². The van der Waals surface area contributed by atoms with Crippen LogP contribution in [0, 0.1) is 5.41 Å². The highest BCUT2D eigenvalue weighted by molar-refractivity contribution is 7.92. The number of aromatic nitrogens is 2. The molecule has 3 rings (SSSR count). The van der Waals surface area contributed by atoms with E-state index in [1.54, 1.807) is 30.3 Å². The lowest BCUT2D eigenvalue weighted by atomic mass is 9.94. The van der Waals surface area contributed by atoms with E-state index in [1.165, 1.54) is 32.0 Å². The number of anilines is 2. The summed E-state index contributed by atoms with van der Waals surface area (Å²) in [4.78, 5) is 16.5. The molecule has 0 spiro atoms. The van der Waals surface area contributed by atoms with Gasteiger partial charge in [0.2, 0.25) is 17.6 Å². The SMILES string of the molecule is CCCC(N)c1nc(-c2ccc(S(=O)(=O)Nc3cccc(NC(=O)C(C)(C)CF)c3)cc2)no1. The fourth-order valence-corrected chi connectivity index (χ4v) is 4.01. The second-order valence-corrected chi connectivity index (χ2v) is 10.2. The van der Waals surface area contributed by atoms with Gasteiger partial charge in [-0.05, 0) is 62.7 Å². The number of halogens is 1. The molecule has 1 amide bonds. The van der Waals surface area contributed by atoms with Gasteiger partial charge in [-0.15, -0.1) is 0 Å². The quantitative estimate of drug-likeness (QED) is 0.386. The molecule has 9 nitrogen and oxygen atoms in total. The van der Waals surface area contributed by atoms with E-state index in [4.69, 9.17) is 10.3 Å². The molecule has 0 saturated heterocycles. The fraction of sp³-hybridized carbons (Fsp3) is 0.348. The van der Waals surface area contributed by atoms with Crippen LogP contribution in [0.25, 0.3) is 11.4 Å². The number of carbonyl (C=O) groups excluding carboxylic acids is 1. The van der Waals surface area contributed by atoms with Crippen LogP contribution in [-0.2, 0) is 14.8 Å². The third kappa shape index (κ3) is 5.97. The highest BCUT2D eigenvalue weighted by atomic mass is 32.2. The predicted molar refractivity (Wildman–Crippen MR) is 127 cm³/mol. The number of nitrogens with zero attached hydrogens (tertiary/aromatic N) is 2. The zero-order valence-electron chi connectivity index (χ0n) is 19.2. The minimum Gasteiger partial charge on any atom is -0.337 e. The van der Waals surface area contributed by atoms with E-state index in [0.717, 1.165) is 6.42 Å². The lowest BCUT2D eigenvalue weighted by molar-refractivity contribution is -0.124. The van der Waals surface area contributed by atoms with Gasteiger partial charge >= 0.3 is 0 Å². The lowest BCUT2D eigenvalue weighted by Gasteiger charge is -2.19. The molecule has 1 heterocycles. The highest BCUT2D eigenvalue weighted by Gasteiger charge is 2.27. The molecule has 0 aliphatic carbocycles. The standard InChI is InChI=1S/C23H28FN5O4S/c1-4-6-19(25)21-27-20(28-33-21)15-9-11-18(12-10-15)34(31,32)29-17-8-5-7-16(13-17)26-22(30)23(2,3)14-24/h5,7-13,19,29H,4,6,14,25H2,1-3H3,(H,26,30). The normalized spacial score (nSPS) is 12.9. The molecule has 1 atom stereocenters. The molecule has 0 aliphatic heterocycles. The Morgan fingerprint density at radius 3 is 2.50 bits per heavy atom. The number of benzene rings is 2. The predicted octanol–water partition coefficient (Wildman–Crippen LogP) is 4.27. The van der Waals surface area contributed by atoms with E-state index >= 15 is 0 Å². The topological polar surface area (TPSA) is 140 Å². The largest absolute Gasteiger partial charge is 0.337 e. The number of sulfonamides is 1. The van der Waals surface area contributed by atoms with Gasteiger partial charge in [0, 0.05) is 11.3 Å². The van der Waals surface area contributed by atoms with Gasteiger partial charge in [0.05, 0.1) is 22.0 Å². The van der Waals surface area contributed by atoms with Gasteiger partial charge in [0.1, 0.15) is 6.67 Å². The summed E-state index contributed by atoms with van der Waals surface area (Å²) in [6.07, 6.45) is 1.59. The Morgan fingerprint density at radius 2 is 1.85 bits per heavy atom. The van der Waals surface area contributed by atoms with Crippen molar-refractivity contribution in [2.75, 3.05) is 16.7 Å². The second-order valence-electron chi connectivity index (χ2n) is 8.53. The smallest absolute Gasteiger partial charge is 0.261 e. The van der Waals surface area contributed by atoms with Gasteiger partial charge in [-0.25, -0.2) is 12.8 Å². The van der Waals surface area contributed by atoms with E-state index in [9.17, 15) is 17.6 Å². The summed E-state index contributed by atoms with van der Waals surface area (Å²) in [7, 11) is -3.91. The van der Waals surface area contributed by atoms with Crippen molar-refractivity contribution in [1.82, 2.24) is 10.1 Å². The third-order valence-corrected chi connectivity index (χ3v) is 6.50. The molecule has 0 bridgehead atoms. The Bertz CT molecular complexity index is 1240. The molecular weight excluding hydrogens is 461 g/mol. The Morgan fingerprint density at radius 1 is 1.18 bits per heavy atom. The van der Waals surface area contributed by atoms with Gasteiger partial charge in [0.15, 0.2) is 0 Å². The number of amides is 1. The molecule has 0 aliphatic rings. The van der Waals surface area contributed by atoms with Crippen LogP contribution in [0.1, 0.15) is 45.5 Å². The van der Waals surface area contributed by atoms with Gasteiger partial charge < -0.3 is 15.6 Å². The van der Waals surface area contributed by atoms with Crippen molar-refractivity contribution in [1.29, 1.82) is 0 Å². The first-order chi connectivity index (χ1) is 16.1. The summed E-state index contributed by atoms with van der Waals surface area (Å²) < 4.78 is 46.4. The maximum absolute atomic E-state index is 13.0. The van der Waals surface area contributed by atoms with E-state index in [0.29, 0.717) is 29.4 Å². The molecule has 34 heavy (non-hydrogen) atoms. The van der Waals surface area contributed by atoms with Crippen LogP contribution in [0.3, 0.4) is 0 Å². The molecular formula is C23H28FN5O4S. The molecule has 1 unspecified atom stereocenters. The van der Waals surface area contributed by atoms with Crippen LogP contribution < -0.4 is 15.8 Å². The monoisotopic (exact) mass is 489 g/mol. The van der Waals surface area contributed by atoms with Crippen molar-refractivity contribution in [2.45, 2.75) is 44.6 Å². The van der Waals surface area contributed by atoms with Crippen LogP contribution in [0.4, 0.5) is 15.8 Å². The lowest BCUT2D eigenvalue weighted by Crippen LogP contribution is -2.32. The van der Waals surface area contributed by atoms with Crippen LogP contribution in [0.15, 0.2) is 57.9 Å². The molecule has 0 saturated carbocycles. The van der Waals surface area contributed by atoms with E-state index in [-0.39, 0.29) is 16.6 Å². The number of carbonyl (C=O) groups is 1. The number of hydrogen-bond acceptors (Lipinski definition) is 7. The van der Waals surface area contributed by atoms with Crippen LogP contribution in [0.5, 0.6) is 0 Å². The van der Waals surface area contributed by atoms with Crippen molar-refractivity contribution < 1.29 is 22.1 Å². The third-order valence-electron chi connectivity index (χ3n) is 5.10. The number of hydrogen-bond donors (Lipinski definition) is 3. The zero-order valence-corrected chi connectivity index (χ0v) is 20.0. The van der Waals surface area contributed by atoms with Crippen LogP contribution in [0.2, 0.25) is 0 Å². The Kier molecular flexibility index (Phi) is 7.68. The summed E-state index contributed by atoms with van der Waals surface area (Å²) >= 11 is 0. The van der Waals surface area contributed by atoms with Crippen molar-refractivity contribution >= 4 is 27.3 Å². The summed E-state index contributed by atoms with van der Waals surface area (Å²) in [5.74, 6) is 0.140. The van der Waals surface area contributed by atoms with Crippen molar-refractivity contribution in [3.05, 3.63) is 54.4 Å². The van der Waals surface area contributed by atoms with Crippen molar-refractivity contribution in [3.8, 4) is 11.4 Å². The summed E-state index contributed by atoms with van der Waals surface area (Å²) in [5, 5.41) is 6.51. The highest BCUT2D eigenvalue weighted by Crippen LogP contribution is 2.25. The number of nitrogens with one attached hydrogen (secondary N) is 2. The number of nitrogens with two attached hydrogens (primary N) is 1. The van der Waals surface area contributed by atoms with Crippen molar-refractivity contribution in [2.24, 2.45) is 11.1 Å². The molecule has 1 aromatic heterocycles. The molecule has 2 aromatic carbocycles. The van der Waals surface area contributed by atoms with Crippen LogP contribution >= 0.6 is 0 Å². The molecule has 182 valence electrons. The van der Waals surface area contributed by atoms with E-state index in [1.807, 2.05) is 6.92 Å². The summed E-state index contributed by atoms with van der Waals surface area (Å²) in [5.41, 5.74) is 5.96. The maximum atomic E-state index is 13.0. The maximum Gasteiger partial charge on any atom is 0.261 e. The first-order valence-electron chi connectivity index (χ1n) is 10.8. The Balaban J connectivity index is 1.73. The van der Waals surface area contributed by atoms with Gasteiger partial charge in [-0.1, -0.05) is 24.6 Å². The second kappa shape index (κ2) is 10.3. The fourth-order valence-electron chi connectivity index (χ4n) is 2.96. The average molecular weight is 490 g/mol. The average Bonchev–Trinajstić information content (AvgIpc) is 3.30. The van der Waals surface area contributed by atoms with Gasteiger partial charge in [-0.2, -0.15) is 4.98 Å². The first kappa shape index (κ1) is 25.3. The van der Waals surface area contributed by atoms with Gasteiger partial charge in [0.25, 0.3) is 10.0 Å². The molecule has 11 heteroatoms. The summed E-state index contributed by atoms with van der Waals surface area (Å²) in [6.45, 7) is 4.14. The number of alkyl halides is 1. The summed E-state index contributed by atoms with van der Waals surface area (Å²) in [6, 6.07) is 11.8. The minimum atomic E-state index is -3.91. The zero-order chi connectivity index (χ0) is 24.9. The molecule has 3 aromatic rings. The van der Waals surface area contributed by atoms with E-state index < -0.39 is 28.0 Å². The molecule has 0 fully saturated rings. The number of rotatable bonds is 10. The van der Waals surface area contributed by atoms with E-state index in [2.05, 4.69) is 20.2 Å². The van der Waals surface area contributed by atoms with Crippen LogP contribution in [-0.4, -0.2) is 31.1 Å². The minimum absolute atomic E-state index is 0.0238. The first-order valence-corrected chi connectivity index (χ1v) is 12.2. The Hall–Kier alpha value is -3.31. The van der Waals surface area contributed by atoms with Gasteiger partial charge in [-0.3, -0.25) is 9.52 Å². The molecule has 4 N–H and O–H groups in total.